The van der Waals surface area contributed by atoms with E-state index in [0.717, 1.165) is 37.1 Å². The van der Waals surface area contributed by atoms with E-state index in [-0.39, 0.29) is 0 Å². The largest absolute Gasteiger partial charge is 0.496 e. The second kappa shape index (κ2) is 8.04. The molecule has 31 heavy (non-hydrogen) atoms. The number of rotatable bonds is 6. The molecule has 2 N–H and O–H groups in total. The maximum absolute atomic E-state index is 11.3. The molecule has 1 aromatic heterocycles. The SMILES string of the molecule is COc1cc(C)c2[nH]ccc2c1CN1CC[C@@H](C2CC2)C[C@@H]1c1ccc(C(=O)O)cc1. The monoisotopic (exact) mass is 418 g/mol. The van der Waals surface area contributed by atoms with E-state index >= 15 is 0 Å². The summed E-state index contributed by atoms with van der Waals surface area (Å²) in [7, 11) is 1.75. The van der Waals surface area contributed by atoms with E-state index in [2.05, 4.69) is 28.9 Å². The van der Waals surface area contributed by atoms with E-state index in [4.69, 9.17) is 4.74 Å². The number of aromatic nitrogens is 1. The highest BCUT2D eigenvalue weighted by molar-refractivity contribution is 5.88. The molecule has 0 radical (unpaired) electrons. The Kier molecular flexibility index (Phi) is 5.22. The number of carboxylic acid groups (broad SMARTS) is 1. The van der Waals surface area contributed by atoms with Crippen molar-refractivity contribution in [1.29, 1.82) is 0 Å². The van der Waals surface area contributed by atoms with Crippen molar-refractivity contribution >= 4 is 16.9 Å². The summed E-state index contributed by atoms with van der Waals surface area (Å²) < 4.78 is 5.79. The van der Waals surface area contributed by atoms with Crippen LogP contribution in [0.15, 0.2) is 42.6 Å². The number of H-pyrrole nitrogens is 1. The molecule has 0 spiro atoms. The zero-order valence-electron chi connectivity index (χ0n) is 18.2. The third-order valence-electron chi connectivity index (χ3n) is 7.28. The van der Waals surface area contributed by atoms with Crippen molar-refractivity contribution in [2.45, 2.75) is 45.2 Å². The fourth-order valence-corrected chi connectivity index (χ4v) is 5.41. The lowest BCUT2D eigenvalue weighted by atomic mass is 9.83. The average molecular weight is 419 g/mol. The van der Waals surface area contributed by atoms with Gasteiger partial charge >= 0.3 is 5.97 Å². The minimum Gasteiger partial charge on any atom is -0.496 e. The van der Waals surface area contributed by atoms with Gasteiger partial charge in [-0.3, -0.25) is 4.90 Å². The molecule has 1 saturated heterocycles. The van der Waals surface area contributed by atoms with Crippen molar-refractivity contribution in [3.8, 4) is 5.75 Å². The molecule has 2 aromatic carbocycles. The number of fused-ring (bicyclic) bond motifs is 1. The Hall–Kier alpha value is -2.79. The molecule has 162 valence electrons. The molecule has 2 heterocycles. The number of carboxylic acids is 1. The summed E-state index contributed by atoms with van der Waals surface area (Å²) in [5, 5.41) is 10.5. The van der Waals surface area contributed by atoms with E-state index in [9.17, 15) is 9.90 Å². The minimum absolute atomic E-state index is 0.294. The molecular weight excluding hydrogens is 388 g/mol. The van der Waals surface area contributed by atoms with E-state index in [1.54, 1.807) is 19.2 Å². The molecule has 0 amide bonds. The molecular formula is C26H30N2O3. The van der Waals surface area contributed by atoms with Gasteiger partial charge in [0.05, 0.1) is 12.7 Å². The van der Waals surface area contributed by atoms with Gasteiger partial charge in [-0.05, 0) is 86.4 Å². The Morgan fingerprint density at radius 1 is 1.16 bits per heavy atom. The Morgan fingerprint density at radius 3 is 2.61 bits per heavy atom. The first-order valence-corrected chi connectivity index (χ1v) is 11.3. The zero-order chi connectivity index (χ0) is 21.5. The van der Waals surface area contributed by atoms with Gasteiger partial charge in [-0.1, -0.05) is 12.1 Å². The van der Waals surface area contributed by atoms with E-state index in [1.165, 1.54) is 46.9 Å². The number of ether oxygens (including phenoxy) is 1. The quantitative estimate of drug-likeness (QED) is 0.551. The summed E-state index contributed by atoms with van der Waals surface area (Å²) >= 11 is 0. The molecule has 5 nitrogen and oxygen atoms in total. The van der Waals surface area contributed by atoms with Crippen LogP contribution in [0.2, 0.25) is 0 Å². The number of aromatic carboxylic acids is 1. The number of methoxy groups -OCH3 is 1. The van der Waals surface area contributed by atoms with Crippen LogP contribution in [0.4, 0.5) is 0 Å². The Bertz CT molecular complexity index is 1100. The Balaban J connectivity index is 1.49. The minimum atomic E-state index is -0.873. The van der Waals surface area contributed by atoms with Crippen LogP contribution in [0.5, 0.6) is 5.75 Å². The fourth-order valence-electron chi connectivity index (χ4n) is 5.41. The molecule has 5 heteroatoms. The van der Waals surface area contributed by atoms with Crippen molar-refractivity contribution < 1.29 is 14.6 Å². The van der Waals surface area contributed by atoms with E-state index in [1.807, 2.05) is 18.3 Å². The third-order valence-corrected chi connectivity index (χ3v) is 7.28. The van der Waals surface area contributed by atoms with Crippen molar-refractivity contribution in [2.75, 3.05) is 13.7 Å². The number of benzene rings is 2. The van der Waals surface area contributed by atoms with Gasteiger partial charge < -0.3 is 14.8 Å². The summed E-state index contributed by atoms with van der Waals surface area (Å²) in [6.45, 7) is 3.98. The summed E-state index contributed by atoms with van der Waals surface area (Å²) in [6, 6.07) is 12.1. The molecule has 1 aliphatic heterocycles. The molecule has 0 unspecified atom stereocenters. The van der Waals surface area contributed by atoms with Crippen LogP contribution < -0.4 is 4.74 Å². The number of carbonyl (C=O) groups is 1. The number of hydrogen-bond donors (Lipinski definition) is 2. The highest BCUT2D eigenvalue weighted by Crippen LogP contribution is 2.47. The summed E-state index contributed by atoms with van der Waals surface area (Å²) in [6.07, 6.45) is 7.11. The molecule has 2 atom stereocenters. The van der Waals surface area contributed by atoms with Crippen molar-refractivity contribution in [3.05, 3.63) is 64.8 Å². The average Bonchev–Trinajstić information content (AvgIpc) is 3.51. The standard InChI is InChI=1S/C26H30N2O3/c1-16-13-24(31-2)22(21-9-11-27-25(16)21)15-28-12-10-20(17-3-4-17)14-23(28)18-5-7-19(8-6-18)26(29)30/h5-9,11,13,17,20,23,27H,3-4,10,12,14-15H2,1-2H3,(H,29,30)/t20-,23-/m1/s1. The van der Waals surface area contributed by atoms with E-state index < -0.39 is 5.97 Å². The highest BCUT2D eigenvalue weighted by atomic mass is 16.5. The normalized spacial score (nSPS) is 22.0. The molecule has 0 bridgehead atoms. The number of likely N-dealkylation sites (tertiary alicyclic amines) is 1. The van der Waals surface area contributed by atoms with Crippen LogP contribution in [-0.2, 0) is 6.54 Å². The van der Waals surface area contributed by atoms with Gasteiger partial charge in [0.1, 0.15) is 5.75 Å². The topological polar surface area (TPSA) is 65.6 Å². The summed E-state index contributed by atoms with van der Waals surface area (Å²) in [4.78, 5) is 17.3. The van der Waals surface area contributed by atoms with Crippen molar-refractivity contribution in [3.63, 3.8) is 0 Å². The first-order valence-electron chi connectivity index (χ1n) is 11.3. The van der Waals surface area contributed by atoms with Crippen LogP contribution in [0.1, 0.15) is 58.8 Å². The predicted molar refractivity (Wildman–Crippen MR) is 122 cm³/mol. The Labute approximate surface area is 183 Å². The summed E-state index contributed by atoms with van der Waals surface area (Å²) in [5.74, 6) is 1.72. The van der Waals surface area contributed by atoms with Crippen molar-refractivity contribution in [2.24, 2.45) is 11.8 Å². The van der Waals surface area contributed by atoms with Gasteiger partial charge in [0.25, 0.3) is 0 Å². The van der Waals surface area contributed by atoms with Gasteiger partial charge in [-0.25, -0.2) is 4.79 Å². The molecule has 1 saturated carbocycles. The van der Waals surface area contributed by atoms with E-state index in [0.29, 0.717) is 11.6 Å². The molecule has 2 aliphatic rings. The zero-order valence-corrected chi connectivity index (χ0v) is 18.2. The van der Waals surface area contributed by atoms with Crippen molar-refractivity contribution in [1.82, 2.24) is 9.88 Å². The fraction of sp³-hybridized carbons (Fsp3) is 0.423. The van der Waals surface area contributed by atoms with Crippen LogP contribution >= 0.6 is 0 Å². The molecule has 5 rings (SSSR count). The van der Waals surface area contributed by atoms with Gasteiger partial charge in [0.15, 0.2) is 0 Å². The lowest BCUT2D eigenvalue weighted by molar-refractivity contribution is 0.0696. The smallest absolute Gasteiger partial charge is 0.335 e. The van der Waals surface area contributed by atoms with Crippen LogP contribution in [0, 0.1) is 18.8 Å². The maximum atomic E-state index is 11.3. The third kappa shape index (κ3) is 3.83. The van der Waals surface area contributed by atoms with Gasteiger partial charge in [-0.15, -0.1) is 0 Å². The van der Waals surface area contributed by atoms with Gasteiger partial charge in [0, 0.05) is 35.2 Å². The number of hydrogen-bond acceptors (Lipinski definition) is 3. The Morgan fingerprint density at radius 2 is 1.94 bits per heavy atom. The second-order valence-corrected chi connectivity index (χ2v) is 9.18. The second-order valence-electron chi connectivity index (χ2n) is 9.18. The summed E-state index contributed by atoms with van der Waals surface area (Å²) in [5.41, 5.74) is 5.15. The number of aromatic amines is 1. The van der Waals surface area contributed by atoms with Crippen LogP contribution in [-0.4, -0.2) is 34.6 Å². The predicted octanol–water partition coefficient (Wildman–Crippen LogP) is 5.55. The maximum Gasteiger partial charge on any atom is 0.335 e. The lowest BCUT2D eigenvalue weighted by Gasteiger charge is -2.40. The molecule has 1 aliphatic carbocycles. The number of nitrogens with zero attached hydrogens (tertiary/aromatic N) is 1. The van der Waals surface area contributed by atoms with Gasteiger partial charge in [0.2, 0.25) is 0 Å². The number of nitrogens with one attached hydrogen (secondary N) is 1. The lowest BCUT2D eigenvalue weighted by Crippen LogP contribution is -2.37. The molecule has 3 aromatic rings. The number of aryl methyl sites for hydroxylation is 1. The molecule has 2 fully saturated rings. The van der Waals surface area contributed by atoms with Crippen LogP contribution in [0.25, 0.3) is 10.9 Å². The van der Waals surface area contributed by atoms with Gasteiger partial charge in [-0.2, -0.15) is 0 Å². The first kappa shape index (κ1) is 20.1. The highest BCUT2D eigenvalue weighted by Gasteiger charge is 2.38. The first-order chi connectivity index (χ1) is 15.0. The van der Waals surface area contributed by atoms with Crippen LogP contribution in [0.3, 0.4) is 0 Å². The number of piperidine rings is 1.